The van der Waals surface area contributed by atoms with Crippen LogP contribution in [0, 0.1) is 0 Å². The summed E-state index contributed by atoms with van der Waals surface area (Å²) in [6.07, 6.45) is 3.60. The van der Waals surface area contributed by atoms with Crippen LogP contribution in [0.5, 0.6) is 17.2 Å². The Kier molecular flexibility index (Phi) is 5.75. The number of hydrogen-bond donors (Lipinski definition) is 1. The fourth-order valence-corrected chi connectivity index (χ4v) is 2.82. The number of aromatic nitrogens is 2. The highest BCUT2D eigenvalue weighted by Crippen LogP contribution is 2.23. The molecule has 0 aliphatic rings. The minimum absolute atomic E-state index is 0.192. The van der Waals surface area contributed by atoms with E-state index >= 15 is 0 Å². The van der Waals surface area contributed by atoms with Crippen LogP contribution in [0.4, 0.5) is 5.69 Å². The molecule has 0 atom stereocenters. The van der Waals surface area contributed by atoms with E-state index < -0.39 is 0 Å². The summed E-state index contributed by atoms with van der Waals surface area (Å²) in [6.45, 7) is 0.368. The number of carbonyl (C=O) groups excluding carboxylic acids is 1. The molecule has 4 rings (SSSR count). The molecule has 0 fully saturated rings. The molecule has 30 heavy (non-hydrogen) atoms. The number of aryl methyl sites for hydroxylation is 1. The molecule has 1 aromatic heterocycles. The molecule has 0 unspecified atom stereocenters. The number of rotatable bonds is 7. The van der Waals surface area contributed by atoms with E-state index in [0.717, 1.165) is 11.6 Å². The standard InChI is InChI=1S/C24H21N3O3/c1-27-16-15-25-23(27)17-29-20-11-7-18(8-12-20)24(28)26-19-9-13-22(14-10-19)30-21-5-3-2-4-6-21/h2-16H,17H2,1H3,(H,26,28). The van der Waals surface area contributed by atoms with Gasteiger partial charge < -0.3 is 19.4 Å². The van der Waals surface area contributed by atoms with Gasteiger partial charge in [-0.15, -0.1) is 0 Å². The van der Waals surface area contributed by atoms with Gasteiger partial charge in [-0.3, -0.25) is 4.79 Å². The van der Waals surface area contributed by atoms with Gasteiger partial charge in [-0.2, -0.15) is 0 Å². The van der Waals surface area contributed by atoms with Gasteiger partial charge in [0.15, 0.2) is 0 Å². The number of nitrogens with zero attached hydrogens (tertiary/aromatic N) is 2. The molecule has 0 aliphatic carbocycles. The van der Waals surface area contributed by atoms with Crippen LogP contribution in [-0.4, -0.2) is 15.5 Å². The van der Waals surface area contributed by atoms with Gasteiger partial charge in [0.25, 0.3) is 5.91 Å². The van der Waals surface area contributed by atoms with Gasteiger partial charge in [-0.1, -0.05) is 18.2 Å². The summed E-state index contributed by atoms with van der Waals surface area (Å²) < 4.78 is 13.4. The molecule has 0 aliphatic heterocycles. The number of carbonyl (C=O) groups is 1. The summed E-state index contributed by atoms with van der Waals surface area (Å²) in [5.41, 5.74) is 1.24. The lowest BCUT2D eigenvalue weighted by molar-refractivity contribution is 0.102. The highest BCUT2D eigenvalue weighted by molar-refractivity contribution is 6.04. The van der Waals surface area contributed by atoms with Crippen LogP contribution in [0.15, 0.2) is 91.3 Å². The van der Waals surface area contributed by atoms with Crippen LogP contribution in [0.2, 0.25) is 0 Å². The second-order valence-corrected chi connectivity index (χ2v) is 6.66. The van der Waals surface area contributed by atoms with Crippen molar-refractivity contribution < 1.29 is 14.3 Å². The Morgan fingerprint density at radius 1 is 0.900 bits per heavy atom. The number of imidazole rings is 1. The maximum atomic E-state index is 12.5. The van der Waals surface area contributed by atoms with Gasteiger partial charge in [-0.25, -0.2) is 4.98 Å². The topological polar surface area (TPSA) is 65.4 Å². The second kappa shape index (κ2) is 8.96. The molecule has 4 aromatic rings. The van der Waals surface area contributed by atoms with Crippen LogP contribution >= 0.6 is 0 Å². The minimum atomic E-state index is -0.192. The van der Waals surface area contributed by atoms with E-state index in [4.69, 9.17) is 9.47 Å². The normalized spacial score (nSPS) is 10.4. The first kappa shape index (κ1) is 19.3. The summed E-state index contributed by atoms with van der Waals surface area (Å²) >= 11 is 0. The van der Waals surface area contributed by atoms with E-state index in [1.54, 1.807) is 42.6 Å². The Morgan fingerprint density at radius 3 is 2.23 bits per heavy atom. The van der Waals surface area contributed by atoms with Crippen molar-refractivity contribution in [1.29, 1.82) is 0 Å². The third kappa shape index (κ3) is 4.86. The second-order valence-electron chi connectivity index (χ2n) is 6.66. The van der Waals surface area contributed by atoms with Crippen LogP contribution in [-0.2, 0) is 13.7 Å². The molecule has 0 bridgehead atoms. The number of benzene rings is 3. The van der Waals surface area contributed by atoms with Gasteiger partial charge in [-0.05, 0) is 60.7 Å². The van der Waals surface area contributed by atoms with Crippen LogP contribution in [0.25, 0.3) is 0 Å². The van der Waals surface area contributed by atoms with Crippen LogP contribution in [0.1, 0.15) is 16.2 Å². The average molecular weight is 399 g/mol. The zero-order valence-electron chi connectivity index (χ0n) is 16.5. The molecule has 0 radical (unpaired) electrons. The Morgan fingerprint density at radius 2 is 1.57 bits per heavy atom. The van der Waals surface area contributed by atoms with Crippen molar-refractivity contribution in [2.45, 2.75) is 6.61 Å². The van der Waals surface area contributed by atoms with E-state index in [-0.39, 0.29) is 5.91 Å². The van der Waals surface area contributed by atoms with E-state index in [1.807, 2.05) is 60.3 Å². The molecular formula is C24H21N3O3. The minimum Gasteiger partial charge on any atom is -0.486 e. The number of hydrogen-bond acceptors (Lipinski definition) is 4. The lowest BCUT2D eigenvalue weighted by Crippen LogP contribution is -2.11. The SMILES string of the molecule is Cn1ccnc1COc1ccc(C(=O)Nc2ccc(Oc3ccccc3)cc2)cc1. The van der Waals surface area contributed by atoms with Crippen molar-refractivity contribution in [2.24, 2.45) is 7.05 Å². The first-order chi connectivity index (χ1) is 14.7. The van der Waals surface area contributed by atoms with E-state index in [1.165, 1.54) is 0 Å². The van der Waals surface area contributed by atoms with E-state index in [9.17, 15) is 4.79 Å². The summed E-state index contributed by atoms with van der Waals surface area (Å²) in [6, 6.07) is 23.8. The molecule has 150 valence electrons. The number of amides is 1. The summed E-state index contributed by atoms with van der Waals surface area (Å²) in [5.74, 6) is 2.78. The van der Waals surface area contributed by atoms with Crippen molar-refractivity contribution in [1.82, 2.24) is 9.55 Å². The number of anilines is 1. The molecular weight excluding hydrogens is 378 g/mol. The lowest BCUT2D eigenvalue weighted by Gasteiger charge is -2.09. The number of para-hydroxylation sites is 1. The van der Waals surface area contributed by atoms with Gasteiger partial charge in [0, 0.05) is 30.7 Å². The summed E-state index contributed by atoms with van der Waals surface area (Å²) in [7, 11) is 1.92. The first-order valence-electron chi connectivity index (χ1n) is 9.51. The Labute approximate surface area is 174 Å². The molecule has 0 spiro atoms. The van der Waals surface area contributed by atoms with Crippen LogP contribution < -0.4 is 14.8 Å². The molecule has 6 heteroatoms. The molecule has 1 heterocycles. The Balaban J connectivity index is 1.32. The van der Waals surface area contributed by atoms with Gasteiger partial charge in [0.05, 0.1) is 0 Å². The smallest absolute Gasteiger partial charge is 0.255 e. The summed E-state index contributed by atoms with van der Waals surface area (Å²) in [4.78, 5) is 16.7. The fraction of sp³-hybridized carbons (Fsp3) is 0.0833. The van der Waals surface area contributed by atoms with Gasteiger partial charge in [0.1, 0.15) is 29.7 Å². The van der Waals surface area contributed by atoms with Gasteiger partial charge in [0.2, 0.25) is 0 Å². The molecule has 6 nitrogen and oxygen atoms in total. The maximum absolute atomic E-state index is 12.5. The monoisotopic (exact) mass is 399 g/mol. The summed E-state index contributed by atoms with van der Waals surface area (Å²) in [5, 5.41) is 2.88. The molecule has 0 saturated carbocycles. The maximum Gasteiger partial charge on any atom is 0.255 e. The molecule has 1 N–H and O–H groups in total. The quantitative estimate of drug-likeness (QED) is 0.473. The van der Waals surface area contributed by atoms with E-state index in [0.29, 0.717) is 29.4 Å². The van der Waals surface area contributed by atoms with Crippen molar-refractivity contribution in [3.05, 3.63) is 103 Å². The highest BCUT2D eigenvalue weighted by atomic mass is 16.5. The van der Waals surface area contributed by atoms with Crippen molar-refractivity contribution in [3.63, 3.8) is 0 Å². The Hall–Kier alpha value is -4.06. The Bertz CT molecular complexity index is 1100. The fourth-order valence-electron chi connectivity index (χ4n) is 2.82. The van der Waals surface area contributed by atoms with Gasteiger partial charge >= 0.3 is 0 Å². The van der Waals surface area contributed by atoms with Crippen LogP contribution in [0.3, 0.4) is 0 Å². The van der Waals surface area contributed by atoms with Crippen molar-refractivity contribution in [3.8, 4) is 17.2 Å². The largest absolute Gasteiger partial charge is 0.486 e. The first-order valence-corrected chi connectivity index (χ1v) is 9.51. The molecule has 0 saturated heterocycles. The van der Waals surface area contributed by atoms with Crippen molar-refractivity contribution >= 4 is 11.6 Å². The molecule has 1 amide bonds. The average Bonchev–Trinajstić information content (AvgIpc) is 3.19. The molecule has 3 aromatic carbocycles. The predicted octanol–water partition coefficient (Wildman–Crippen LogP) is 5.04. The zero-order chi connectivity index (χ0) is 20.8. The highest BCUT2D eigenvalue weighted by Gasteiger charge is 2.08. The third-order valence-electron chi connectivity index (χ3n) is 4.50. The number of nitrogens with one attached hydrogen (secondary N) is 1. The zero-order valence-corrected chi connectivity index (χ0v) is 16.5. The van der Waals surface area contributed by atoms with E-state index in [2.05, 4.69) is 10.3 Å². The van der Waals surface area contributed by atoms with Crippen molar-refractivity contribution in [2.75, 3.05) is 5.32 Å². The third-order valence-corrected chi connectivity index (χ3v) is 4.50. The predicted molar refractivity (Wildman–Crippen MR) is 115 cm³/mol. The number of ether oxygens (including phenoxy) is 2. The lowest BCUT2D eigenvalue weighted by atomic mass is 10.2.